The fourth-order valence-electron chi connectivity index (χ4n) is 2.02. The van der Waals surface area contributed by atoms with Crippen LogP contribution in [0.4, 0.5) is 0 Å². The number of benzene rings is 2. The van der Waals surface area contributed by atoms with Gasteiger partial charge in [-0.2, -0.15) is 0 Å². The Morgan fingerprint density at radius 2 is 1.56 bits per heavy atom. The first-order valence-electron chi connectivity index (χ1n) is 5.57. The van der Waals surface area contributed by atoms with Gasteiger partial charge in [-0.15, -0.1) is 0 Å². The molecule has 2 aromatic rings. The Hall–Kier alpha value is -1.60. The smallest absolute Gasteiger partial charge is 0.0178 e. The molecule has 82 valence electrons. The van der Waals surface area contributed by atoms with E-state index in [0.717, 1.165) is 0 Å². The number of rotatable bonds is 2. The molecule has 1 nitrogen and oxygen atoms in total. The zero-order valence-electron chi connectivity index (χ0n) is 9.83. The van der Waals surface area contributed by atoms with E-state index in [0.29, 0.717) is 6.54 Å². The van der Waals surface area contributed by atoms with E-state index in [9.17, 15) is 0 Å². The highest BCUT2D eigenvalue weighted by molar-refractivity contribution is 5.65. The van der Waals surface area contributed by atoms with Crippen LogP contribution < -0.4 is 5.73 Å². The molecule has 0 fully saturated rings. The molecule has 0 saturated carbocycles. The van der Waals surface area contributed by atoms with Gasteiger partial charge in [-0.25, -0.2) is 0 Å². The molecule has 0 atom stereocenters. The first-order chi connectivity index (χ1) is 7.69. The molecule has 2 rings (SSSR count). The summed E-state index contributed by atoms with van der Waals surface area (Å²) in [5, 5.41) is 0. The van der Waals surface area contributed by atoms with Crippen molar-refractivity contribution in [1.82, 2.24) is 0 Å². The number of hydrogen-bond donors (Lipinski definition) is 1. The standard InChI is InChI=1S/C15H17N/c1-11-6-12(2)8-15(7-11)14-5-3-4-13(9-14)10-16/h3-9H,10,16H2,1-2H3. The third-order valence-electron chi connectivity index (χ3n) is 2.72. The minimum atomic E-state index is 0.596. The van der Waals surface area contributed by atoms with E-state index in [1.54, 1.807) is 0 Å². The monoisotopic (exact) mass is 211 g/mol. The molecule has 0 aliphatic rings. The molecule has 0 unspecified atom stereocenters. The minimum absolute atomic E-state index is 0.596. The van der Waals surface area contributed by atoms with Crippen molar-refractivity contribution < 1.29 is 0 Å². The Morgan fingerprint density at radius 1 is 0.875 bits per heavy atom. The zero-order valence-corrected chi connectivity index (χ0v) is 9.83. The molecule has 0 aliphatic heterocycles. The highest BCUT2D eigenvalue weighted by Gasteiger charge is 2.00. The summed E-state index contributed by atoms with van der Waals surface area (Å²) >= 11 is 0. The summed E-state index contributed by atoms with van der Waals surface area (Å²) in [6.07, 6.45) is 0. The summed E-state index contributed by atoms with van der Waals surface area (Å²) in [5.74, 6) is 0. The predicted octanol–water partition coefficient (Wildman–Crippen LogP) is 3.43. The minimum Gasteiger partial charge on any atom is -0.326 e. The van der Waals surface area contributed by atoms with Crippen LogP contribution in [0.1, 0.15) is 16.7 Å². The average Bonchev–Trinajstić information content (AvgIpc) is 2.28. The summed E-state index contributed by atoms with van der Waals surface area (Å²) in [6.45, 7) is 4.85. The number of nitrogens with two attached hydrogens (primary N) is 1. The van der Waals surface area contributed by atoms with E-state index >= 15 is 0 Å². The van der Waals surface area contributed by atoms with Crippen LogP contribution in [0.15, 0.2) is 42.5 Å². The average molecular weight is 211 g/mol. The van der Waals surface area contributed by atoms with Gasteiger partial charge in [0.25, 0.3) is 0 Å². The number of hydrogen-bond acceptors (Lipinski definition) is 1. The second kappa shape index (κ2) is 4.50. The second-order valence-corrected chi connectivity index (χ2v) is 4.28. The first-order valence-corrected chi connectivity index (χ1v) is 5.57. The van der Waals surface area contributed by atoms with Gasteiger partial charge >= 0.3 is 0 Å². The Balaban J connectivity index is 2.49. The largest absolute Gasteiger partial charge is 0.326 e. The van der Waals surface area contributed by atoms with Crippen LogP contribution >= 0.6 is 0 Å². The van der Waals surface area contributed by atoms with E-state index < -0.39 is 0 Å². The number of aryl methyl sites for hydroxylation is 2. The summed E-state index contributed by atoms with van der Waals surface area (Å²) in [4.78, 5) is 0. The fraction of sp³-hybridized carbons (Fsp3) is 0.200. The van der Waals surface area contributed by atoms with Crippen LogP contribution in [0.2, 0.25) is 0 Å². The molecule has 0 saturated heterocycles. The van der Waals surface area contributed by atoms with Crippen molar-refractivity contribution in [3.8, 4) is 11.1 Å². The molecular formula is C15H17N. The third-order valence-corrected chi connectivity index (χ3v) is 2.72. The van der Waals surface area contributed by atoms with Gasteiger partial charge in [0.15, 0.2) is 0 Å². The molecule has 0 radical (unpaired) electrons. The van der Waals surface area contributed by atoms with Crippen LogP contribution in [-0.4, -0.2) is 0 Å². The predicted molar refractivity (Wildman–Crippen MR) is 69.2 cm³/mol. The van der Waals surface area contributed by atoms with Gasteiger partial charge in [-0.05, 0) is 36.6 Å². The van der Waals surface area contributed by atoms with Crippen LogP contribution in [0, 0.1) is 13.8 Å². The molecule has 0 aliphatic carbocycles. The molecule has 1 heteroatoms. The summed E-state index contributed by atoms with van der Waals surface area (Å²) in [7, 11) is 0. The van der Waals surface area contributed by atoms with Crippen molar-refractivity contribution >= 4 is 0 Å². The van der Waals surface area contributed by atoms with Crippen molar-refractivity contribution in [3.63, 3.8) is 0 Å². The highest BCUT2D eigenvalue weighted by Crippen LogP contribution is 2.22. The lowest BCUT2D eigenvalue weighted by molar-refractivity contribution is 1.07. The van der Waals surface area contributed by atoms with Gasteiger partial charge in [-0.1, -0.05) is 47.5 Å². The van der Waals surface area contributed by atoms with Crippen LogP contribution in [-0.2, 0) is 6.54 Å². The first kappa shape index (κ1) is 10.9. The Kier molecular flexibility index (Phi) is 3.07. The van der Waals surface area contributed by atoms with E-state index in [1.165, 1.54) is 27.8 Å². The van der Waals surface area contributed by atoms with Crippen molar-refractivity contribution in [1.29, 1.82) is 0 Å². The van der Waals surface area contributed by atoms with Gasteiger partial charge in [0.2, 0.25) is 0 Å². The third kappa shape index (κ3) is 2.31. The van der Waals surface area contributed by atoms with Crippen molar-refractivity contribution in [3.05, 3.63) is 59.2 Å². The maximum absolute atomic E-state index is 5.66. The topological polar surface area (TPSA) is 26.0 Å². The molecule has 0 aromatic heterocycles. The van der Waals surface area contributed by atoms with E-state index in [2.05, 4.69) is 56.3 Å². The second-order valence-electron chi connectivity index (χ2n) is 4.28. The van der Waals surface area contributed by atoms with Crippen LogP contribution in [0.3, 0.4) is 0 Å². The van der Waals surface area contributed by atoms with Gasteiger partial charge in [-0.3, -0.25) is 0 Å². The molecule has 0 spiro atoms. The summed E-state index contributed by atoms with van der Waals surface area (Å²) in [6, 6.07) is 15.0. The maximum Gasteiger partial charge on any atom is 0.0178 e. The van der Waals surface area contributed by atoms with Crippen molar-refractivity contribution in [2.75, 3.05) is 0 Å². The Labute approximate surface area is 96.9 Å². The SMILES string of the molecule is Cc1cc(C)cc(-c2cccc(CN)c2)c1. The molecule has 2 N–H and O–H groups in total. The van der Waals surface area contributed by atoms with Gasteiger partial charge in [0.1, 0.15) is 0 Å². The van der Waals surface area contributed by atoms with Crippen LogP contribution in [0.25, 0.3) is 11.1 Å². The molecule has 0 bridgehead atoms. The van der Waals surface area contributed by atoms with Gasteiger partial charge in [0, 0.05) is 6.54 Å². The maximum atomic E-state index is 5.66. The lowest BCUT2D eigenvalue weighted by atomic mass is 9.99. The van der Waals surface area contributed by atoms with Crippen molar-refractivity contribution in [2.45, 2.75) is 20.4 Å². The lowest BCUT2D eigenvalue weighted by Crippen LogP contribution is -1.95. The molecular weight excluding hydrogens is 194 g/mol. The highest BCUT2D eigenvalue weighted by atomic mass is 14.5. The van der Waals surface area contributed by atoms with E-state index in [-0.39, 0.29) is 0 Å². The Morgan fingerprint density at radius 3 is 2.19 bits per heavy atom. The molecule has 2 aromatic carbocycles. The lowest BCUT2D eigenvalue weighted by Gasteiger charge is -2.06. The van der Waals surface area contributed by atoms with Gasteiger partial charge in [0.05, 0.1) is 0 Å². The van der Waals surface area contributed by atoms with E-state index in [1.807, 2.05) is 0 Å². The Bertz CT molecular complexity index is 480. The van der Waals surface area contributed by atoms with E-state index in [4.69, 9.17) is 5.73 Å². The summed E-state index contributed by atoms with van der Waals surface area (Å²) < 4.78 is 0. The van der Waals surface area contributed by atoms with Crippen LogP contribution in [0.5, 0.6) is 0 Å². The quantitative estimate of drug-likeness (QED) is 0.809. The molecule has 0 heterocycles. The molecule has 16 heavy (non-hydrogen) atoms. The van der Waals surface area contributed by atoms with Gasteiger partial charge < -0.3 is 5.73 Å². The summed E-state index contributed by atoms with van der Waals surface area (Å²) in [5.41, 5.74) is 11.9. The fourth-order valence-corrected chi connectivity index (χ4v) is 2.02. The zero-order chi connectivity index (χ0) is 11.5. The normalized spacial score (nSPS) is 10.4. The molecule has 0 amide bonds. The van der Waals surface area contributed by atoms with Crippen molar-refractivity contribution in [2.24, 2.45) is 5.73 Å².